The Balaban J connectivity index is 1.91. The Bertz CT molecular complexity index is 709. The molecule has 1 aromatic heterocycles. The summed E-state index contributed by atoms with van der Waals surface area (Å²) >= 11 is 0. The molecule has 0 radical (unpaired) electrons. The van der Waals surface area contributed by atoms with Crippen molar-refractivity contribution in [1.29, 1.82) is 0 Å². The number of carboxylic acids is 1. The first kappa shape index (κ1) is 14.3. The van der Waals surface area contributed by atoms with Gasteiger partial charge in [0.05, 0.1) is 16.9 Å². The minimum atomic E-state index is -0.945. The average Bonchev–Trinajstić information content (AvgIpc) is 3.14. The Morgan fingerprint density at radius 3 is 2.68 bits per heavy atom. The topological polar surface area (TPSA) is 75.4 Å². The molecule has 1 amide bonds. The summed E-state index contributed by atoms with van der Waals surface area (Å²) in [5.74, 6) is -1.21. The van der Waals surface area contributed by atoms with Crippen molar-refractivity contribution in [3.63, 3.8) is 0 Å². The van der Waals surface area contributed by atoms with E-state index in [4.69, 9.17) is 0 Å². The third kappa shape index (κ3) is 2.47. The monoisotopic (exact) mass is 299 g/mol. The van der Waals surface area contributed by atoms with E-state index in [1.54, 1.807) is 17.8 Å². The highest BCUT2D eigenvalue weighted by Gasteiger charge is 2.35. The van der Waals surface area contributed by atoms with Crippen molar-refractivity contribution in [1.82, 2.24) is 14.7 Å². The predicted molar refractivity (Wildman–Crippen MR) is 80.0 cm³/mol. The number of aryl methyl sites for hydroxylation is 1. The summed E-state index contributed by atoms with van der Waals surface area (Å²) in [4.78, 5) is 25.3. The van der Waals surface area contributed by atoms with Crippen molar-refractivity contribution in [2.45, 2.75) is 25.8 Å². The van der Waals surface area contributed by atoms with E-state index < -0.39 is 12.0 Å². The average molecular weight is 299 g/mol. The molecule has 1 aromatic carbocycles. The number of likely N-dealkylation sites (tertiary alicyclic amines) is 1. The molecule has 1 atom stereocenters. The fraction of sp³-hybridized carbons (Fsp3) is 0.312. The molecular formula is C16H17N3O3. The first-order valence-corrected chi connectivity index (χ1v) is 7.23. The maximum atomic E-state index is 12.6. The highest BCUT2D eigenvalue weighted by atomic mass is 16.4. The molecule has 0 bridgehead atoms. The summed E-state index contributed by atoms with van der Waals surface area (Å²) < 4.78 is 1.65. The largest absolute Gasteiger partial charge is 0.480 e. The van der Waals surface area contributed by atoms with Crippen LogP contribution in [0.3, 0.4) is 0 Å². The Kier molecular flexibility index (Phi) is 3.66. The van der Waals surface area contributed by atoms with Crippen molar-refractivity contribution in [3.8, 4) is 5.69 Å². The third-order valence-corrected chi connectivity index (χ3v) is 3.95. The minimum absolute atomic E-state index is 0.260. The fourth-order valence-corrected chi connectivity index (χ4v) is 2.80. The number of para-hydroxylation sites is 1. The highest BCUT2D eigenvalue weighted by molar-refractivity contribution is 5.97. The summed E-state index contributed by atoms with van der Waals surface area (Å²) in [5.41, 5.74) is 1.92. The van der Waals surface area contributed by atoms with Crippen LogP contribution >= 0.6 is 0 Å². The number of hydrogen-bond donors (Lipinski definition) is 1. The van der Waals surface area contributed by atoms with Crippen LogP contribution in [0.1, 0.15) is 28.9 Å². The van der Waals surface area contributed by atoms with E-state index in [2.05, 4.69) is 5.10 Å². The Labute approximate surface area is 128 Å². The number of carbonyl (C=O) groups is 2. The van der Waals surface area contributed by atoms with Gasteiger partial charge in [0.2, 0.25) is 0 Å². The Hall–Kier alpha value is -2.63. The lowest BCUT2D eigenvalue weighted by atomic mass is 10.2. The maximum Gasteiger partial charge on any atom is 0.326 e. The van der Waals surface area contributed by atoms with Gasteiger partial charge in [-0.15, -0.1) is 0 Å². The minimum Gasteiger partial charge on any atom is -0.480 e. The van der Waals surface area contributed by atoms with E-state index in [9.17, 15) is 14.7 Å². The smallest absolute Gasteiger partial charge is 0.326 e. The number of rotatable bonds is 3. The number of aromatic nitrogens is 2. The lowest BCUT2D eigenvalue weighted by Crippen LogP contribution is -2.40. The van der Waals surface area contributed by atoms with Crippen LogP contribution in [0.5, 0.6) is 0 Å². The van der Waals surface area contributed by atoms with Gasteiger partial charge in [0, 0.05) is 12.7 Å². The van der Waals surface area contributed by atoms with Crippen molar-refractivity contribution in [2.75, 3.05) is 6.54 Å². The van der Waals surface area contributed by atoms with Gasteiger partial charge >= 0.3 is 5.97 Å². The zero-order chi connectivity index (χ0) is 15.7. The number of benzene rings is 1. The van der Waals surface area contributed by atoms with Gasteiger partial charge in [-0.3, -0.25) is 4.79 Å². The SMILES string of the molecule is Cc1nn(-c2ccccc2)cc1C(=O)N1CCCC1C(=O)O. The molecule has 6 heteroatoms. The van der Waals surface area contributed by atoms with Crippen LogP contribution in [0.2, 0.25) is 0 Å². The molecule has 22 heavy (non-hydrogen) atoms. The van der Waals surface area contributed by atoms with Crippen LogP contribution in [0.4, 0.5) is 0 Å². The van der Waals surface area contributed by atoms with Crippen molar-refractivity contribution in [2.24, 2.45) is 0 Å². The standard InChI is InChI=1S/C16H17N3O3/c1-11-13(10-19(17-11)12-6-3-2-4-7-12)15(20)18-9-5-8-14(18)16(21)22/h2-4,6-7,10,14H,5,8-9H2,1H3,(H,21,22). The Morgan fingerprint density at radius 1 is 1.27 bits per heavy atom. The summed E-state index contributed by atoms with van der Waals surface area (Å²) in [6.45, 7) is 2.24. The van der Waals surface area contributed by atoms with E-state index in [1.165, 1.54) is 4.90 Å². The van der Waals surface area contributed by atoms with Crippen LogP contribution < -0.4 is 0 Å². The number of aliphatic carboxylic acids is 1. The van der Waals surface area contributed by atoms with Gasteiger partial charge in [0.15, 0.2) is 0 Å². The molecule has 1 N–H and O–H groups in total. The maximum absolute atomic E-state index is 12.6. The molecule has 2 aromatic rings. The van der Waals surface area contributed by atoms with E-state index in [0.717, 1.165) is 5.69 Å². The first-order valence-electron chi connectivity index (χ1n) is 7.23. The van der Waals surface area contributed by atoms with Crippen LogP contribution in [0.15, 0.2) is 36.5 Å². The van der Waals surface area contributed by atoms with Crippen LogP contribution in [0, 0.1) is 6.92 Å². The summed E-state index contributed by atoms with van der Waals surface area (Å²) in [7, 11) is 0. The van der Waals surface area contributed by atoms with Gasteiger partial charge in [0.25, 0.3) is 5.91 Å². The van der Waals surface area contributed by atoms with Crippen LogP contribution in [-0.2, 0) is 4.79 Å². The quantitative estimate of drug-likeness (QED) is 0.938. The third-order valence-electron chi connectivity index (χ3n) is 3.95. The number of carboxylic acid groups (broad SMARTS) is 1. The molecule has 0 saturated carbocycles. The Morgan fingerprint density at radius 2 is 2.00 bits per heavy atom. The van der Waals surface area contributed by atoms with Crippen molar-refractivity contribution in [3.05, 3.63) is 47.8 Å². The molecule has 1 saturated heterocycles. The molecule has 1 unspecified atom stereocenters. The number of nitrogens with zero attached hydrogens (tertiary/aromatic N) is 3. The number of hydrogen-bond acceptors (Lipinski definition) is 3. The molecular weight excluding hydrogens is 282 g/mol. The lowest BCUT2D eigenvalue weighted by Gasteiger charge is -2.20. The highest BCUT2D eigenvalue weighted by Crippen LogP contribution is 2.22. The van der Waals surface area contributed by atoms with Gasteiger partial charge < -0.3 is 10.0 Å². The first-order chi connectivity index (χ1) is 10.6. The van der Waals surface area contributed by atoms with E-state index in [1.807, 2.05) is 30.3 Å². The lowest BCUT2D eigenvalue weighted by molar-refractivity contribution is -0.141. The molecule has 0 aliphatic carbocycles. The second-order valence-electron chi connectivity index (χ2n) is 5.40. The van der Waals surface area contributed by atoms with E-state index >= 15 is 0 Å². The van der Waals surface area contributed by atoms with Crippen molar-refractivity contribution >= 4 is 11.9 Å². The normalized spacial score (nSPS) is 17.7. The van der Waals surface area contributed by atoms with Gasteiger partial charge in [-0.05, 0) is 31.9 Å². The van der Waals surface area contributed by atoms with Gasteiger partial charge in [-0.25, -0.2) is 9.48 Å². The van der Waals surface area contributed by atoms with Crippen molar-refractivity contribution < 1.29 is 14.7 Å². The van der Waals surface area contributed by atoms with Gasteiger partial charge in [0.1, 0.15) is 6.04 Å². The predicted octanol–water partition coefficient (Wildman–Crippen LogP) is 1.87. The summed E-state index contributed by atoms with van der Waals surface area (Å²) in [5, 5.41) is 13.6. The van der Waals surface area contributed by atoms with Gasteiger partial charge in [-0.2, -0.15) is 5.10 Å². The van der Waals surface area contributed by atoms with E-state index in [0.29, 0.717) is 30.6 Å². The molecule has 0 spiro atoms. The summed E-state index contributed by atoms with van der Waals surface area (Å²) in [6, 6.07) is 8.77. The van der Waals surface area contributed by atoms with Crippen LogP contribution in [0.25, 0.3) is 5.69 Å². The number of carbonyl (C=O) groups excluding carboxylic acids is 1. The molecule has 1 fully saturated rings. The second-order valence-corrected chi connectivity index (χ2v) is 5.40. The molecule has 3 rings (SSSR count). The van der Waals surface area contributed by atoms with Gasteiger partial charge in [-0.1, -0.05) is 18.2 Å². The molecule has 6 nitrogen and oxygen atoms in total. The number of amides is 1. The molecule has 1 aliphatic rings. The van der Waals surface area contributed by atoms with E-state index in [-0.39, 0.29) is 5.91 Å². The zero-order valence-electron chi connectivity index (χ0n) is 12.3. The molecule has 1 aliphatic heterocycles. The summed E-state index contributed by atoms with van der Waals surface area (Å²) in [6.07, 6.45) is 2.89. The fourth-order valence-electron chi connectivity index (χ4n) is 2.80. The zero-order valence-corrected chi connectivity index (χ0v) is 12.3. The molecule has 114 valence electrons. The molecule has 2 heterocycles. The second kappa shape index (κ2) is 5.63. The van der Waals surface area contributed by atoms with Crippen LogP contribution in [-0.4, -0.2) is 44.3 Å².